The second-order valence-electron chi connectivity index (χ2n) is 9.25. The van der Waals surface area contributed by atoms with Crippen LogP contribution >= 0.6 is 23.2 Å². The van der Waals surface area contributed by atoms with Crippen LogP contribution in [0.5, 0.6) is 0 Å². The maximum absolute atomic E-state index is 13.6. The molecule has 1 aliphatic heterocycles. The van der Waals surface area contributed by atoms with Crippen molar-refractivity contribution in [1.82, 2.24) is 14.1 Å². The van der Waals surface area contributed by atoms with Crippen LogP contribution in [0.4, 0.5) is 5.69 Å². The molecule has 1 N–H and O–H groups in total. The Hall–Kier alpha value is -3.21. The molecular weight excluding hydrogens is 559 g/mol. The highest BCUT2D eigenvalue weighted by molar-refractivity contribution is 7.89. The van der Waals surface area contributed by atoms with E-state index in [-0.39, 0.29) is 18.0 Å². The molecule has 1 saturated heterocycles. The first kappa shape index (κ1) is 27.4. The molecule has 1 amide bonds. The van der Waals surface area contributed by atoms with Gasteiger partial charge < -0.3 is 10.1 Å². The van der Waals surface area contributed by atoms with Crippen LogP contribution < -0.4 is 5.32 Å². The van der Waals surface area contributed by atoms with Crippen molar-refractivity contribution in [3.05, 3.63) is 93.6 Å². The van der Waals surface area contributed by atoms with E-state index in [0.29, 0.717) is 51.5 Å². The summed E-state index contributed by atoms with van der Waals surface area (Å²) in [5.74, 6) is -0.444. The number of benzene rings is 3. The van der Waals surface area contributed by atoms with Gasteiger partial charge in [-0.1, -0.05) is 59.1 Å². The van der Waals surface area contributed by atoms with E-state index in [1.54, 1.807) is 43.5 Å². The number of carbonyl (C=O) groups excluding carboxylic acids is 1. The molecule has 8 nitrogen and oxygen atoms in total. The number of rotatable bonds is 6. The minimum atomic E-state index is -3.75. The van der Waals surface area contributed by atoms with Crippen molar-refractivity contribution < 1.29 is 17.9 Å². The van der Waals surface area contributed by atoms with Crippen LogP contribution in [0.3, 0.4) is 0 Å². The predicted molar refractivity (Wildman–Crippen MR) is 152 cm³/mol. The van der Waals surface area contributed by atoms with E-state index in [0.717, 1.165) is 11.1 Å². The van der Waals surface area contributed by atoms with Gasteiger partial charge in [0.05, 0.1) is 34.4 Å². The molecule has 2 heterocycles. The van der Waals surface area contributed by atoms with Gasteiger partial charge in [-0.3, -0.25) is 4.79 Å². The van der Waals surface area contributed by atoms with Gasteiger partial charge >= 0.3 is 0 Å². The number of nitrogens with zero attached hydrogens (tertiary/aromatic N) is 3. The SMILES string of the molecule is Cc1ccc(-c2nn(-c3ccc(Cl)cc3Cl)cc2C(=O)Nc2ccc(C)c(S(=O)(=O)N3CCOCC3)c2)cc1. The Morgan fingerprint density at radius 2 is 1.69 bits per heavy atom. The van der Waals surface area contributed by atoms with Gasteiger partial charge in [-0.15, -0.1) is 0 Å². The Labute approximate surface area is 237 Å². The van der Waals surface area contributed by atoms with Gasteiger partial charge in [0, 0.05) is 35.6 Å². The van der Waals surface area contributed by atoms with Gasteiger partial charge in [-0.25, -0.2) is 13.1 Å². The Morgan fingerprint density at radius 3 is 2.38 bits per heavy atom. The molecule has 0 saturated carbocycles. The summed E-state index contributed by atoms with van der Waals surface area (Å²) in [6.45, 7) is 4.96. The Morgan fingerprint density at radius 1 is 0.974 bits per heavy atom. The van der Waals surface area contributed by atoms with Crippen molar-refractivity contribution in [2.24, 2.45) is 0 Å². The fourth-order valence-electron chi connectivity index (χ4n) is 4.34. The lowest BCUT2D eigenvalue weighted by atomic mass is 10.1. The third-order valence-electron chi connectivity index (χ3n) is 6.47. The summed E-state index contributed by atoms with van der Waals surface area (Å²) >= 11 is 12.5. The molecule has 39 heavy (non-hydrogen) atoms. The third-order valence-corrected chi connectivity index (χ3v) is 9.05. The zero-order valence-corrected chi connectivity index (χ0v) is 23.6. The summed E-state index contributed by atoms with van der Waals surface area (Å²) < 4.78 is 34.9. The fraction of sp³-hybridized carbons (Fsp3) is 0.214. The fourth-order valence-corrected chi connectivity index (χ4v) is 6.49. The highest BCUT2D eigenvalue weighted by Gasteiger charge is 2.28. The van der Waals surface area contributed by atoms with Gasteiger partial charge in [-0.05, 0) is 49.7 Å². The molecule has 1 aliphatic rings. The van der Waals surface area contributed by atoms with Crippen LogP contribution in [0.1, 0.15) is 21.5 Å². The number of ether oxygens (including phenoxy) is 1. The average Bonchev–Trinajstić information content (AvgIpc) is 3.36. The standard InChI is InChI=1S/C28H26Cl2N4O4S/c1-18-3-6-20(7-4-18)27-23(17-34(32-27)25-10-8-21(29)15-24(25)30)28(35)31-22-9-5-19(2)26(16-22)39(36,37)33-11-13-38-14-12-33/h3-10,15-17H,11-14H2,1-2H3,(H,31,35). The number of morpholine rings is 1. The zero-order valence-electron chi connectivity index (χ0n) is 21.3. The molecule has 0 spiro atoms. The molecule has 0 aliphatic carbocycles. The van der Waals surface area contributed by atoms with Crippen LogP contribution in [0.2, 0.25) is 10.0 Å². The maximum Gasteiger partial charge on any atom is 0.259 e. The molecule has 0 atom stereocenters. The molecule has 0 radical (unpaired) electrons. The molecule has 5 rings (SSSR count). The molecule has 11 heteroatoms. The topological polar surface area (TPSA) is 93.5 Å². The number of nitrogens with one attached hydrogen (secondary N) is 1. The van der Waals surface area contributed by atoms with E-state index < -0.39 is 15.9 Å². The zero-order chi connectivity index (χ0) is 27.7. The molecular formula is C28H26Cl2N4O4S. The van der Waals surface area contributed by atoms with E-state index in [9.17, 15) is 13.2 Å². The summed E-state index contributed by atoms with van der Waals surface area (Å²) in [6, 6.07) is 17.5. The first-order valence-electron chi connectivity index (χ1n) is 12.3. The number of carbonyl (C=O) groups is 1. The number of anilines is 1. The number of aromatic nitrogens is 2. The van der Waals surface area contributed by atoms with Gasteiger partial charge in [0.25, 0.3) is 5.91 Å². The van der Waals surface area contributed by atoms with E-state index in [1.807, 2.05) is 31.2 Å². The van der Waals surface area contributed by atoms with E-state index in [1.165, 1.54) is 15.1 Å². The van der Waals surface area contributed by atoms with Crippen molar-refractivity contribution in [1.29, 1.82) is 0 Å². The number of aryl methyl sites for hydroxylation is 2. The monoisotopic (exact) mass is 584 g/mol. The minimum absolute atomic E-state index is 0.143. The Kier molecular flexibility index (Phi) is 7.80. The first-order chi connectivity index (χ1) is 18.6. The molecule has 0 unspecified atom stereocenters. The van der Waals surface area contributed by atoms with Crippen molar-refractivity contribution in [3.63, 3.8) is 0 Å². The van der Waals surface area contributed by atoms with Crippen molar-refractivity contribution in [2.45, 2.75) is 18.7 Å². The lowest BCUT2D eigenvalue weighted by Gasteiger charge is -2.26. The number of sulfonamides is 1. The predicted octanol–water partition coefficient (Wildman–Crippen LogP) is 5.74. The summed E-state index contributed by atoms with van der Waals surface area (Å²) in [4.78, 5) is 13.8. The lowest BCUT2D eigenvalue weighted by molar-refractivity contribution is 0.0730. The van der Waals surface area contributed by atoms with Gasteiger partial charge in [0.15, 0.2) is 0 Å². The second kappa shape index (κ2) is 11.1. The van der Waals surface area contributed by atoms with Crippen LogP contribution in [-0.4, -0.2) is 54.7 Å². The highest BCUT2D eigenvalue weighted by atomic mass is 35.5. The van der Waals surface area contributed by atoms with Gasteiger partial charge in [0.2, 0.25) is 10.0 Å². The number of hydrogen-bond donors (Lipinski definition) is 1. The normalized spacial score (nSPS) is 14.4. The van der Waals surface area contributed by atoms with Crippen LogP contribution in [0.15, 0.2) is 71.8 Å². The summed E-state index contributed by atoms with van der Waals surface area (Å²) in [7, 11) is -3.75. The molecule has 1 fully saturated rings. The largest absolute Gasteiger partial charge is 0.379 e. The Bertz CT molecular complexity index is 1650. The first-order valence-corrected chi connectivity index (χ1v) is 14.4. The number of hydrogen-bond acceptors (Lipinski definition) is 5. The minimum Gasteiger partial charge on any atom is -0.379 e. The average molecular weight is 586 g/mol. The third kappa shape index (κ3) is 5.73. The van der Waals surface area contributed by atoms with Crippen LogP contribution in [-0.2, 0) is 14.8 Å². The van der Waals surface area contributed by atoms with E-state index >= 15 is 0 Å². The van der Waals surface area contributed by atoms with Crippen molar-refractivity contribution in [2.75, 3.05) is 31.6 Å². The van der Waals surface area contributed by atoms with Gasteiger partial charge in [-0.2, -0.15) is 9.40 Å². The molecule has 202 valence electrons. The number of amides is 1. The van der Waals surface area contributed by atoms with Crippen molar-refractivity contribution >= 4 is 44.8 Å². The van der Waals surface area contributed by atoms with Crippen molar-refractivity contribution in [3.8, 4) is 16.9 Å². The van der Waals surface area contributed by atoms with E-state index in [2.05, 4.69) is 10.4 Å². The molecule has 4 aromatic rings. The van der Waals surface area contributed by atoms with E-state index in [4.69, 9.17) is 27.9 Å². The number of halogens is 2. The molecule has 1 aromatic heterocycles. The summed E-state index contributed by atoms with van der Waals surface area (Å²) in [6.07, 6.45) is 1.60. The quantitative estimate of drug-likeness (QED) is 0.312. The smallest absolute Gasteiger partial charge is 0.259 e. The van der Waals surface area contributed by atoms with Crippen LogP contribution in [0.25, 0.3) is 16.9 Å². The van der Waals surface area contributed by atoms with Crippen LogP contribution in [0, 0.1) is 13.8 Å². The Balaban J connectivity index is 1.52. The summed E-state index contributed by atoms with van der Waals surface area (Å²) in [5, 5.41) is 8.40. The summed E-state index contributed by atoms with van der Waals surface area (Å²) in [5.41, 5.74) is 4.06. The molecule has 0 bridgehead atoms. The maximum atomic E-state index is 13.6. The second-order valence-corrected chi connectivity index (χ2v) is 12.0. The lowest BCUT2D eigenvalue weighted by Crippen LogP contribution is -2.40. The highest BCUT2D eigenvalue weighted by Crippen LogP contribution is 2.30. The molecule has 3 aromatic carbocycles. The van der Waals surface area contributed by atoms with Gasteiger partial charge in [0.1, 0.15) is 5.69 Å².